The minimum atomic E-state index is -0.613. The summed E-state index contributed by atoms with van der Waals surface area (Å²) in [6.07, 6.45) is 3.16. The van der Waals surface area contributed by atoms with E-state index in [4.69, 9.17) is 4.74 Å². The minimum absolute atomic E-state index is 0.0924. The predicted octanol–water partition coefficient (Wildman–Crippen LogP) is 3.65. The fourth-order valence-electron chi connectivity index (χ4n) is 3.91. The number of Topliss-reactive ketones (excluding diaryl/α,β-unsaturated/α-hetero) is 1. The van der Waals surface area contributed by atoms with E-state index >= 15 is 0 Å². The number of ether oxygens (including phenoxy) is 1. The quantitative estimate of drug-likeness (QED) is 0.740. The second kappa shape index (κ2) is 4.69. The third-order valence-corrected chi connectivity index (χ3v) is 4.72. The number of rotatable bonds is 1. The van der Waals surface area contributed by atoms with Crippen LogP contribution in [0.1, 0.15) is 62.4 Å². The molecular weight excluding hydrogens is 264 g/mol. The van der Waals surface area contributed by atoms with E-state index in [2.05, 4.69) is 0 Å². The Morgan fingerprint density at radius 3 is 2.71 bits per heavy atom. The summed E-state index contributed by atoms with van der Waals surface area (Å²) in [5.74, 6) is 0.101. The molecule has 0 amide bonds. The van der Waals surface area contributed by atoms with E-state index in [0.717, 1.165) is 24.8 Å². The van der Waals surface area contributed by atoms with Crippen molar-refractivity contribution in [2.45, 2.75) is 57.5 Å². The molecule has 0 heterocycles. The van der Waals surface area contributed by atoms with Crippen molar-refractivity contribution in [1.29, 1.82) is 0 Å². The molecular formula is C18H22O3. The van der Waals surface area contributed by atoms with E-state index in [9.17, 15) is 9.59 Å². The van der Waals surface area contributed by atoms with Gasteiger partial charge in [0, 0.05) is 12.0 Å². The van der Waals surface area contributed by atoms with Gasteiger partial charge in [-0.1, -0.05) is 30.7 Å². The van der Waals surface area contributed by atoms with Crippen molar-refractivity contribution >= 4 is 11.8 Å². The first-order chi connectivity index (χ1) is 9.84. The zero-order chi connectivity index (χ0) is 15.3. The lowest BCUT2D eigenvalue weighted by Crippen LogP contribution is -2.47. The summed E-state index contributed by atoms with van der Waals surface area (Å²) in [5.41, 5.74) is 0.479. The van der Waals surface area contributed by atoms with Crippen molar-refractivity contribution in [3.63, 3.8) is 0 Å². The first-order valence-corrected chi connectivity index (χ1v) is 7.71. The Labute approximate surface area is 125 Å². The fourth-order valence-corrected chi connectivity index (χ4v) is 3.91. The molecule has 2 unspecified atom stereocenters. The molecule has 0 spiro atoms. The summed E-state index contributed by atoms with van der Waals surface area (Å²) in [4.78, 5) is 25.3. The van der Waals surface area contributed by atoms with Crippen LogP contribution in [0.25, 0.3) is 0 Å². The summed E-state index contributed by atoms with van der Waals surface area (Å²) < 4.78 is 5.72. The van der Waals surface area contributed by atoms with Crippen LogP contribution in [0.4, 0.5) is 0 Å². The predicted molar refractivity (Wildman–Crippen MR) is 80.3 cm³/mol. The standard InChI is InChI=1S/C18H22O3/c1-17(2,3)21-16(20)18-10-6-7-12(18)11-15(19)13-8-4-5-9-14(13)18/h4-5,8-9,12H,6-7,10-11H2,1-3H3. The molecule has 1 aromatic rings. The van der Waals surface area contributed by atoms with Gasteiger partial charge in [-0.25, -0.2) is 0 Å². The van der Waals surface area contributed by atoms with E-state index in [1.54, 1.807) is 0 Å². The number of carbonyl (C=O) groups excluding carboxylic acids is 2. The van der Waals surface area contributed by atoms with Crippen molar-refractivity contribution in [1.82, 2.24) is 0 Å². The third-order valence-electron chi connectivity index (χ3n) is 4.72. The molecule has 3 nitrogen and oxygen atoms in total. The van der Waals surface area contributed by atoms with Crippen LogP contribution in [0.2, 0.25) is 0 Å². The average Bonchev–Trinajstić information content (AvgIpc) is 2.82. The Bertz CT molecular complexity index is 597. The Kier molecular flexibility index (Phi) is 3.19. The van der Waals surface area contributed by atoms with Crippen molar-refractivity contribution in [3.8, 4) is 0 Å². The highest BCUT2D eigenvalue weighted by Gasteiger charge is 2.56. The molecule has 21 heavy (non-hydrogen) atoms. The molecule has 0 saturated heterocycles. The highest BCUT2D eigenvalue weighted by atomic mass is 16.6. The van der Waals surface area contributed by atoms with Gasteiger partial charge in [-0.05, 0) is 45.1 Å². The highest BCUT2D eigenvalue weighted by molar-refractivity contribution is 6.03. The molecule has 0 aromatic heterocycles. The number of hydrogen-bond donors (Lipinski definition) is 0. The van der Waals surface area contributed by atoms with Crippen LogP contribution >= 0.6 is 0 Å². The molecule has 3 heteroatoms. The maximum atomic E-state index is 13.0. The van der Waals surface area contributed by atoms with Gasteiger partial charge in [0.15, 0.2) is 5.78 Å². The zero-order valence-electron chi connectivity index (χ0n) is 12.9. The average molecular weight is 286 g/mol. The van der Waals surface area contributed by atoms with Crippen LogP contribution in [0, 0.1) is 5.92 Å². The van der Waals surface area contributed by atoms with Gasteiger partial charge in [-0.3, -0.25) is 9.59 Å². The van der Waals surface area contributed by atoms with Gasteiger partial charge in [0.05, 0.1) is 5.41 Å². The molecule has 0 bridgehead atoms. The lowest BCUT2D eigenvalue weighted by Gasteiger charge is -2.40. The van der Waals surface area contributed by atoms with Gasteiger partial charge in [-0.15, -0.1) is 0 Å². The minimum Gasteiger partial charge on any atom is -0.459 e. The molecule has 1 aromatic carbocycles. The number of fused-ring (bicyclic) bond motifs is 3. The van der Waals surface area contributed by atoms with Crippen LogP contribution in [0.5, 0.6) is 0 Å². The van der Waals surface area contributed by atoms with Gasteiger partial charge >= 0.3 is 5.97 Å². The smallest absolute Gasteiger partial charge is 0.317 e. The Balaban J connectivity index is 2.12. The molecule has 0 N–H and O–H groups in total. The van der Waals surface area contributed by atoms with Crippen LogP contribution in [0.15, 0.2) is 24.3 Å². The molecule has 2 aliphatic rings. The van der Waals surface area contributed by atoms with Crippen LogP contribution < -0.4 is 0 Å². The first-order valence-electron chi connectivity index (χ1n) is 7.71. The highest BCUT2D eigenvalue weighted by Crippen LogP contribution is 2.52. The summed E-state index contributed by atoms with van der Waals surface area (Å²) >= 11 is 0. The van der Waals surface area contributed by atoms with Gasteiger partial charge in [0.1, 0.15) is 5.60 Å². The lowest BCUT2D eigenvalue weighted by atomic mass is 9.64. The van der Waals surface area contributed by atoms with Gasteiger partial charge in [-0.2, -0.15) is 0 Å². The third kappa shape index (κ3) is 2.19. The normalized spacial score (nSPS) is 28.0. The second-order valence-corrected chi connectivity index (χ2v) is 7.24. The van der Waals surface area contributed by atoms with Gasteiger partial charge in [0.2, 0.25) is 0 Å². The Morgan fingerprint density at radius 2 is 2.00 bits per heavy atom. The molecule has 2 atom stereocenters. The molecule has 3 rings (SSSR count). The van der Waals surface area contributed by atoms with Crippen molar-refractivity contribution in [2.24, 2.45) is 5.92 Å². The topological polar surface area (TPSA) is 43.4 Å². The Morgan fingerprint density at radius 1 is 1.29 bits per heavy atom. The number of ketones is 1. The number of benzene rings is 1. The molecule has 0 aliphatic heterocycles. The molecule has 2 aliphatic carbocycles. The van der Waals surface area contributed by atoms with E-state index in [1.165, 1.54) is 0 Å². The van der Waals surface area contributed by atoms with Crippen LogP contribution in [0.3, 0.4) is 0 Å². The SMILES string of the molecule is CC(C)(C)OC(=O)C12CCCC1CC(=O)c1ccccc12. The fraction of sp³-hybridized carbons (Fsp3) is 0.556. The van der Waals surface area contributed by atoms with E-state index < -0.39 is 11.0 Å². The Hall–Kier alpha value is -1.64. The largest absolute Gasteiger partial charge is 0.459 e. The van der Waals surface area contributed by atoms with Crippen molar-refractivity contribution in [2.75, 3.05) is 0 Å². The van der Waals surface area contributed by atoms with E-state index in [-0.39, 0.29) is 17.7 Å². The van der Waals surface area contributed by atoms with E-state index in [1.807, 2.05) is 45.0 Å². The first kappa shape index (κ1) is 14.3. The maximum absolute atomic E-state index is 13.0. The maximum Gasteiger partial charge on any atom is 0.317 e. The molecule has 1 saturated carbocycles. The van der Waals surface area contributed by atoms with Crippen LogP contribution in [-0.2, 0) is 14.9 Å². The van der Waals surface area contributed by atoms with Crippen molar-refractivity contribution < 1.29 is 14.3 Å². The van der Waals surface area contributed by atoms with Crippen LogP contribution in [-0.4, -0.2) is 17.4 Å². The molecule has 1 fully saturated rings. The summed E-state index contributed by atoms with van der Waals surface area (Å²) in [7, 11) is 0. The summed E-state index contributed by atoms with van der Waals surface area (Å²) in [6.45, 7) is 5.68. The van der Waals surface area contributed by atoms with Gasteiger partial charge in [0.25, 0.3) is 0 Å². The number of carbonyl (C=O) groups is 2. The van der Waals surface area contributed by atoms with E-state index in [0.29, 0.717) is 12.0 Å². The van der Waals surface area contributed by atoms with Gasteiger partial charge < -0.3 is 4.74 Å². The summed E-state index contributed by atoms with van der Waals surface area (Å²) in [5, 5.41) is 0. The monoisotopic (exact) mass is 286 g/mol. The number of esters is 1. The zero-order valence-corrected chi connectivity index (χ0v) is 12.9. The molecule has 112 valence electrons. The second-order valence-electron chi connectivity index (χ2n) is 7.24. The number of hydrogen-bond acceptors (Lipinski definition) is 3. The lowest BCUT2D eigenvalue weighted by molar-refractivity contribution is -0.164. The summed E-state index contributed by atoms with van der Waals surface area (Å²) in [6, 6.07) is 7.57. The molecule has 0 radical (unpaired) electrons. The van der Waals surface area contributed by atoms with Crippen molar-refractivity contribution in [3.05, 3.63) is 35.4 Å².